The Morgan fingerprint density at radius 2 is 0.769 bits per heavy atom. The van der Waals surface area contributed by atoms with E-state index in [2.05, 4.69) is 144 Å². The highest BCUT2D eigenvalue weighted by molar-refractivity contribution is 5.58. The molecule has 1 atom stereocenters. The minimum absolute atomic E-state index is 0.0472. The summed E-state index contributed by atoms with van der Waals surface area (Å²) in [5.41, 5.74) is 13.4. The molecular weight excluding hydrogens is 474 g/mol. The summed E-state index contributed by atoms with van der Waals surface area (Å²) in [6.45, 7) is 46.0. The predicted molar refractivity (Wildman–Crippen MR) is 173 cm³/mol. The van der Waals surface area contributed by atoms with Gasteiger partial charge < -0.3 is 10.1 Å². The SMILES string of the molecule is Cc1c(C)c(C)c([C@@](C)(Oc2c(C)c(C)c(C)c(C)c2C(C)(C)C)C(C)(C)C(C)(C)NC(C)(C)C)c(C)c1C. The van der Waals surface area contributed by atoms with Crippen LogP contribution >= 0.6 is 0 Å². The molecule has 0 radical (unpaired) electrons. The van der Waals surface area contributed by atoms with Crippen LogP contribution in [-0.4, -0.2) is 11.1 Å². The van der Waals surface area contributed by atoms with E-state index in [1.807, 2.05) is 0 Å². The fourth-order valence-corrected chi connectivity index (χ4v) is 6.91. The van der Waals surface area contributed by atoms with Gasteiger partial charge in [0.15, 0.2) is 0 Å². The van der Waals surface area contributed by atoms with Gasteiger partial charge in [0.25, 0.3) is 0 Å². The maximum Gasteiger partial charge on any atom is 0.138 e. The fraction of sp³-hybridized carbons (Fsp3) is 0.676. The lowest BCUT2D eigenvalue weighted by Gasteiger charge is -2.56. The Bertz CT molecular complexity index is 1230. The monoisotopic (exact) mass is 535 g/mol. The van der Waals surface area contributed by atoms with Gasteiger partial charge in [0.1, 0.15) is 11.4 Å². The Labute approximate surface area is 242 Å². The second-order valence-electron chi connectivity index (χ2n) is 15.7. The van der Waals surface area contributed by atoms with E-state index in [1.165, 1.54) is 61.2 Å². The molecule has 0 aliphatic rings. The third-order valence-corrected chi connectivity index (χ3v) is 10.6. The number of ether oxygens (including phenoxy) is 1. The molecule has 0 aromatic heterocycles. The van der Waals surface area contributed by atoms with E-state index in [0.29, 0.717) is 0 Å². The molecule has 0 unspecified atom stereocenters. The molecule has 0 aliphatic heterocycles. The second-order valence-corrected chi connectivity index (χ2v) is 15.7. The van der Waals surface area contributed by atoms with Crippen molar-refractivity contribution in [2.45, 2.75) is 161 Å². The fourth-order valence-electron chi connectivity index (χ4n) is 6.91. The average molecular weight is 536 g/mol. The Morgan fingerprint density at radius 3 is 1.13 bits per heavy atom. The molecule has 2 aromatic rings. The summed E-state index contributed by atoms with van der Waals surface area (Å²) in [7, 11) is 0. The number of rotatable bonds is 6. The van der Waals surface area contributed by atoms with Gasteiger partial charge in [0.2, 0.25) is 0 Å². The van der Waals surface area contributed by atoms with E-state index in [-0.39, 0.29) is 21.9 Å². The zero-order valence-electron chi connectivity index (χ0n) is 29.4. The molecule has 2 rings (SSSR count). The van der Waals surface area contributed by atoms with Crippen LogP contribution in [0.15, 0.2) is 0 Å². The number of hydrogen-bond donors (Lipinski definition) is 1. The summed E-state index contributed by atoms with van der Waals surface area (Å²) in [5, 5.41) is 3.99. The molecular formula is C37H61NO. The van der Waals surface area contributed by atoms with Crippen LogP contribution in [0.1, 0.15) is 137 Å². The molecule has 0 bridgehead atoms. The standard InChI is InChI=1S/C37H61NO/c1-21-22(2)26(6)30(27(7)23(21)3)37(20,35(16,17)36(18,19)38-34(13,14)15)39-32-29(9)25(5)24(4)28(8)31(32)33(10,11)12/h38H,1-20H3/t37-/m1/s1. The third-order valence-electron chi connectivity index (χ3n) is 10.6. The normalized spacial score (nSPS) is 15.0. The molecule has 1 N–H and O–H groups in total. The molecule has 0 aliphatic carbocycles. The molecule has 0 saturated carbocycles. The van der Waals surface area contributed by atoms with E-state index >= 15 is 0 Å². The molecule has 2 heteroatoms. The lowest BCUT2D eigenvalue weighted by atomic mass is 9.59. The van der Waals surface area contributed by atoms with Crippen LogP contribution in [0.2, 0.25) is 0 Å². The summed E-state index contributed by atoms with van der Waals surface area (Å²) in [6, 6.07) is 0. The molecule has 2 nitrogen and oxygen atoms in total. The maximum atomic E-state index is 7.73. The van der Waals surface area contributed by atoms with Crippen molar-refractivity contribution < 1.29 is 4.74 Å². The smallest absolute Gasteiger partial charge is 0.138 e. The number of benzene rings is 2. The van der Waals surface area contributed by atoms with Crippen molar-refractivity contribution in [3.63, 3.8) is 0 Å². The summed E-state index contributed by atoms with van der Waals surface area (Å²) in [6.07, 6.45) is 0. The molecule has 0 fully saturated rings. The van der Waals surface area contributed by atoms with Crippen molar-refractivity contribution in [1.82, 2.24) is 5.32 Å². The van der Waals surface area contributed by atoms with Crippen molar-refractivity contribution in [3.8, 4) is 5.75 Å². The highest BCUT2D eigenvalue weighted by Crippen LogP contribution is 2.54. The van der Waals surface area contributed by atoms with Gasteiger partial charge in [-0.1, -0.05) is 34.6 Å². The van der Waals surface area contributed by atoms with Crippen molar-refractivity contribution >= 4 is 0 Å². The highest BCUT2D eigenvalue weighted by atomic mass is 16.5. The first-order valence-corrected chi connectivity index (χ1v) is 14.9. The molecule has 2 aromatic carbocycles. The second kappa shape index (κ2) is 10.2. The Balaban J connectivity index is 3.17. The van der Waals surface area contributed by atoms with Crippen LogP contribution in [0.25, 0.3) is 0 Å². The van der Waals surface area contributed by atoms with Crippen molar-refractivity contribution in [2.24, 2.45) is 5.41 Å². The van der Waals surface area contributed by atoms with Gasteiger partial charge in [-0.05, 0) is 159 Å². The highest BCUT2D eigenvalue weighted by Gasteiger charge is 2.56. The van der Waals surface area contributed by atoms with Crippen molar-refractivity contribution in [3.05, 3.63) is 61.2 Å². The quantitative estimate of drug-likeness (QED) is 0.397. The van der Waals surface area contributed by atoms with E-state index < -0.39 is 5.60 Å². The molecule has 0 amide bonds. The summed E-state index contributed by atoms with van der Waals surface area (Å²) in [5.74, 6) is 1.06. The Hall–Kier alpha value is -1.80. The zero-order chi connectivity index (χ0) is 30.8. The van der Waals surface area contributed by atoms with Crippen LogP contribution < -0.4 is 10.1 Å². The van der Waals surface area contributed by atoms with E-state index in [9.17, 15) is 0 Å². The van der Waals surface area contributed by atoms with E-state index in [0.717, 1.165) is 5.75 Å². The number of nitrogens with one attached hydrogen (secondary N) is 1. The van der Waals surface area contributed by atoms with Crippen LogP contribution in [0, 0.1) is 67.7 Å². The van der Waals surface area contributed by atoms with Gasteiger partial charge in [-0.15, -0.1) is 0 Å². The minimum Gasteiger partial charge on any atom is -0.482 e. The minimum atomic E-state index is -0.634. The van der Waals surface area contributed by atoms with E-state index in [4.69, 9.17) is 4.74 Å². The summed E-state index contributed by atoms with van der Waals surface area (Å²) >= 11 is 0. The molecule has 0 heterocycles. The zero-order valence-corrected chi connectivity index (χ0v) is 29.4. The molecule has 220 valence electrons. The third kappa shape index (κ3) is 5.57. The van der Waals surface area contributed by atoms with Gasteiger partial charge in [-0.25, -0.2) is 0 Å². The first-order chi connectivity index (χ1) is 17.2. The van der Waals surface area contributed by atoms with Gasteiger partial charge in [-0.2, -0.15) is 0 Å². The number of hydrogen-bond acceptors (Lipinski definition) is 2. The van der Waals surface area contributed by atoms with Gasteiger partial charge in [0, 0.05) is 27.6 Å². The predicted octanol–water partition coefficient (Wildman–Crippen LogP) is 10.2. The lowest BCUT2D eigenvalue weighted by Crippen LogP contribution is -2.65. The summed E-state index contributed by atoms with van der Waals surface area (Å²) in [4.78, 5) is 0. The van der Waals surface area contributed by atoms with Gasteiger partial charge in [0.05, 0.1) is 0 Å². The van der Waals surface area contributed by atoms with Gasteiger partial charge >= 0.3 is 0 Å². The van der Waals surface area contributed by atoms with Crippen LogP contribution in [0.4, 0.5) is 0 Å². The van der Waals surface area contributed by atoms with E-state index in [1.54, 1.807) is 0 Å². The van der Waals surface area contributed by atoms with Crippen molar-refractivity contribution in [1.29, 1.82) is 0 Å². The van der Waals surface area contributed by atoms with Crippen LogP contribution in [-0.2, 0) is 11.0 Å². The molecule has 0 spiro atoms. The Kier molecular flexibility index (Phi) is 8.77. The maximum absolute atomic E-state index is 7.73. The lowest BCUT2D eigenvalue weighted by molar-refractivity contribution is -0.0875. The van der Waals surface area contributed by atoms with Crippen molar-refractivity contribution in [2.75, 3.05) is 0 Å². The first kappa shape index (κ1) is 33.4. The van der Waals surface area contributed by atoms with Gasteiger partial charge in [-0.3, -0.25) is 0 Å². The summed E-state index contributed by atoms with van der Waals surface area (Å²) < 4.78 is 7.73. The first-order valence-electron chi connectivity index (χ1n) is 14.9. The largest absolute Gasteiger partial charge is 0.482 e. The average Bonchev–Trinajstić information content (AvgIpc) is 2.75. The molecule has 39 heavy (non-hydrogen) atoms. The topological polar surface area (TPSA) is 21.3 Å². The Morgan fingerprint density at radius 1 is 0.436 bits per heavy atom. The van der Waals surface area contributed by atoms with Crippen LogP contribution in [0.5, 0.6) is 5.75 Å². The molecule has 0 saturated heterocycles. The van der Waals surface area contributed by atoms with Crippen LogP contribution in [0.3, 0.4) is 0 Å².